The minimum atomic E-state index is -3.83. The summed E-state index contributed by atoms with van der Waals surface area (Å²) < 4.78 is 81.1. The summed E-state index contributed by atoms with van der Waals surface area (Å²) in [4.78, 5) is 18.7. The van der Waals surface area contributed by atoms with E-state index in [1.165, 1.54) is 23.1 Å². The molecule has 0 amide bonds. The lowest BCUT2D eigenvalue weighted by molar-refractivity contribution is 0.103. The van der Waals surface area contributed by atoms with Crippen LogP contribution >= 0.6 is 0 Å². The number of ether oxygens (including phenoxy) is 2. The zero-order valence-electron chi connectivity index (χ0n) is 25.2. The van der Waals surface area contributed by atoms with Crippen molar-refractivity contribution >= 4 is 49.6 Å². The molecular weight excluding hydrogens is 639 g/mol. The van der Waals surface area contributed by atoms with E-state index in [0.29, 0.717) is 59.9 Å². The number of carbonyl (C=O) groups is 1. The number of nitrogens with one attached hydrogen (secondary N) is 3. The van der Waals surface area contributed by atoms with Gasteiger partial charge in [0.25, 0.3) is 0 Å². The van der Waals surface area contributed by atoms with E-state index in [-0.39, 0.29) is 29.2 Å². The van der Waals surface area contributed by atoms with Gasteiger partial charge in [0, 0.05) is 30.2 Å². The summed E-state index contributed by atoms with van der Waals surface area (Å²) >= 11 is 0. The Balaban J connectivity index is 1.26. The zero-order chi connectivity index (χ0) is 33.3. The molecule has 4 heterocycles. The van der Waals surface area contributed by atoms with E-state index in [0.717, 1.165) is 12.1 Å². The zero-order valence-corrected chi connectivity index (χ0v) is 26.0. The number of anilines is 3. The molecule has 5 N–H and O–H groups in total. The molecule has 2 aliphatic rings. The Kier molecular flexibility index (Phi) is 8.88. The third kappa shape index (κ3) is 6.64. The number of benzene rings is 2. The van der Waals surface area contributed by atoms with E-state index in [1.54, 1.807) is 31.2 Å². The Bertz CT molecular complexity index is 1980. The molecule has 47 heavy (non-hydrogen) atoms. The van der Waals surface area contributed by atoms with Crippen molar-refractivity contribution in [3.05, 3.63) is 83.3 Å². The SMILES string of the molecule is CC1=CC(Oc2c(F)cccc2F)NC=C1n1ncc(C(=O)c2cc3cc(N4CCOCC4)c(NS(=O)(=O)CCCF)cc3[nH]2)c1N. The summed E-state index contributed by atoms with van der Waals surface area (Å²) in [6, 6.07) is 8.46. The first kappa shape index (κ1) is 32.0. The molecular formula is C31H32F3N7O5S. The first-order chi connectivity index (χ1) is 22.5. The third-order valence-corrected chi connectivity index (χ3v) is 9.14. The normalized spacial score (nSPS) is 16.9. The lowest BCUT2D eigenvalue weighted by Gasteiger charge is -2.30. The number of H-pyrrole nitrogens is 1. The Labute approximate surface area is 268 Å². The number of dihydropyridines is 1. The molecule has 1 unspecified atom stereocenters. The molecule has 2 aromatic carbocycles. The Morgan fingerprint density at radius 2 is 1.94 bits per heavy atom. The van der Waals surface area contributed by atoms with Gasteiger partial charge in [-0.2, -0.15) is 5.10 Å². The molecule has 2 aromatic heterocycles. The predicted octanol–water partition coefficient (Wildman–Crippen LogP) is 4.15. The molecule has 6 rings (SSSR count). The number of nitrogens with zero attached hydrogens (tertiary/aromatic N) is 3. The van der Waals surface area contributed by atoms with Crippen LogP contribution < -0.4 is 25.4 Å². The summed E-state index contributed by atoms with van der Waals surface area (Å²) in [5.74, 6) is -2.98. The van der Waals surface area contributed by atoms with Gasteiger partial charge in [0.15, 0.2) is 23.6 Å². The molecule has 1 fully saturated rings. The van der Waals surface area contributed by atoms with Crippen LogP contribution in [0.1, 0.15) is 29.4 Å². The average Bonchev–Trinajstić information content (AvgIpc) is 3.64. The van der Waals surface area contributed by atoms with E-state index in [2.05, 4.69) is 20.1 Å². The van der Waals surface area contributed by atoms with Crippen molar-refractivity contribution in [3.8, 4) is 5.75 Å². The number of aromatic amines is 1. The molecule has 0 aliphatic carbocycles. The molecule has 0 spiro atoms. The number of para-hydroxylation sites is 1. The van der Waals surface area contributed by atoms with Crippen LogP contribution in [0.25, 0.3) is 16.6 Å². The van der Waals surface area contributed by atoms with Crippen molar-refractivity contribution in [3.63, 3.8) is 0 Å². The first-order valence-electron chi connectivity index (χ1n) is 14.7. The van der Waals surface area contributed by atoms with E-state index < -0.39 is 46.1 Å². The monoisotopic (exact) mass is 671 g/mol. The van der Waals surface area contributed by atoms with Crippen LogP contribution in [0.5, 0.6) is 5.75 Å². The summed E-state index contributed by atoms with van der Waals surface area (Å²) in [6.45, 7) is 2.96. The molecule has 248 valence electrons. The summed E-state index contributed by atoms with van der Waals surface area (Å²) in [5, 5.41) is 7.86. The van der Waals surface area contributed by atoms with Crippen molar-refractivity contribution in [2.45, 2.75) is 19.6 Å². The fraction of sp³-hybridized carbons (Fsp3) is 0.290. The number of carbonyl (C=O) groups excluding carboxylic acids is 1. The van der Waals surface area contributed by atoms with Crippen LogP contribution in [-0.2, 0) is 14.8 Å². The predicted molar refractivity (Wildman–Crippen MR) is 171 cm³/mol. The fourth-order valence-electron chi connectivity index (χ4n) is 5.43. The van der Waals surface area contributed by atoms with Gasteiger partial charge in [-0.15, -0.1) is 0 Å². The number of rotatable bonds is 11. The number of halogens is 3. The highest BCUT2D eigenvalue weighted by Gasteiger charge is 2.25. The van der Waals surface area contributed by atoms with Gasteiger partial charge >= 0.3 is 0 Å². The second kappa shape index (κ2) is 13.0. The van der Waals surface area contributed by atoms with Crippen molar-refractivity contribution in [1.82, 2.24) is 20.1 Å². The first-order valence-corrected chi connectivity index (χ1v) is 16.4. The fourth-order valence-corrected chi connectivity index (χ4v) is 6.52. The van der Waals surface area contributed by atoms with Gasteiger partial charge < -0.3 is 30.4 Å². The van der Waals surface area contributed by atoms with Crippen molar-refractivity contribution in [2.75, 3.05) is 54.1 Å². The molecule has 16 heteroatoms. The standard InChI is InChI=1S/C31H32F3N7O5S/c1-18-12-28(46-30-21(33)4-2-5-22(30)34)36-17-27(18)41-31(35)20(16-37-41)29(42)25-13-19-14-26(40-7-9-45-10-8-40)24(15-23(19)38-25)39-47(43,44)11-3-6-32/h2,4-5,12-17,28,36,38-39H,3,6-11,35H2,1H3. The van der Waals surface area contributed by atoms with E-state index in [1.807, 2.05) is 4.90 Å². The van der Waals surface area contributed by atoms with Gasteiger partial charge in [-0.25, -0.2) is 21.9 Å². The minimum absolute atomic E-state index is 0.0456. The second-order valence-electron chi connectivity index (χ2n) is 11.0. The number of aromatic nitrogens is 3. The second-order valence-corrected chi connectivity index (χ2v) is 12.9. The number of ketones is 1. The summed E-state index contributed by atoms with van der Waals surface area (Å²) in [5.41, 5.74) is 9.19. The molecule has 0 radical (unpaired) electrons. The van der Waals surface area contributed by atoms with Crippen LogP contribution in [0.4, 0.5) is 30.4 Å². The maximum atomic E-state index is 14.1. The van der Waals surface area contributed by atoms with Gasteiger partial charge in [0.2, 0.25) is 15.8 Å². The molecule has 12 nitrogen and oxygen atoms in total. The van der Waals surface area contributed by atoms with E-state index >= 15 is 0 Å². The van der Waals surface area contributed by atoms with E-state index in [9.17, 15) is 26.4 Å². The molecule has 0 bridgehead atoms. The maximum Gasteiger partial charge on any atom is 0.232 e. The van der Waals surface area contributed by atoms with Gasteiger partial charge in [-0.3, -0.25) is 13.9 Å². The van der Waals surface area contributed by atoms with Crippen LogP contribution in [0.3, 0.4) is 0 Å². The Morgan fingerprint density at radius 1 is 1.19 bits per heavy atom. The quantitative estimate of drug-likeness (QED) is 0.172. The number of allylic oxidation sites excluding steroid dienone is 2. The number of hydrogen-bond acceptors (Lipinski definition) is 9. The summed E-state index contributed by atoms with van der Waals surface area (Å²) in [7, 11) is -3.83. The highest BCUT2D eigenvalue weighted by molar-refractivity contribution is 7.92. The summed E-state index contributed by atoms with van der Waals surface area (Å²) in [6.07, 6.45) is 3.43. The highest BCUT2D eigenvalue weighted by Crippen LogP contribution is 2.34. The lowest BCUT2D eigenvalue weighted by Crippen LogP contribution is -2.36. The largest absolute Gasteiger partial charge is 0.461 e. The minimum Gasteiger partial charge on any atom is -0.461 e. The maximum absolute atomic E-state index is 14.1. The van der Waals surface area contributed by atoms with Crippen LogP contribution in [-0.4, -0.2) is 73.9 Å². The van der Waals surface area contributed by atoms with E-state index in [4.69, 9.17) is 15.2 Å². The van der Waals surface area contributed by atoms with Gasteiger partial charge in [-0.05, 0) is 55.3 Å². The van der Waals surface area contributed by atoms with Crippen molar-refractivity contribution < 1.29 is 35.9 Å². The number of morpholine rings is 1. The van der Waals surface area contributed by atoms with Gasteiger partial charge in [-0.1, -0.05) is 6.07 Å². The Hall–Kier alpha value is -4.96. The van der Waals surface area contributed by atoms with Crippen molar-refractivity contribution in [2.24, 2.45) is 0 Å². The number of nitrogen functional groups attached to an aromatic ring is 1. The molecule has 4 aromatic rings. The number of nitrogens with two attached hydrogens (primary N) is 1. The molecule has 2 aliphatic heterocycles. The van der Waals surface area contributed by atoms with Crippen molar-refractivity contribution in [1.29, 1.82) is 0 Å². The lowest BCUT2D eigenvalue weighted by atomic mass is 10.1. The van der Waals surface area contributed by atoms with Gasteiger partial charge in [0.05, 0.1) is 60.2 Å². The third-order valence-electron chi connectivity index (χ3n) is 7.78. The van der Waals surface area contributed by atoms with Crippen LogP contribution in [0.15, 0.2) is 60.4 Å². The molecule has 1 saturated heterocycles. The Morgan fingerprint density at radius 3 is 2.64 bits per heavy atom. The number of sulfonamides is 1. The smallest absolute Gasteiger partial charge is 0.232 e. The van der Waals surface area contributed by atoms with Crippen LogP contribution in [0, 0.1) is 11.6 Å². The topological polar surface area (TPSA) is 157 Å². The van der Waals surface area contributed by atoms with Gasteiger partial charge in [0.1, 0.15) is 5.82 Å². The molecule has 1 atom stereocenters. The average molecular weight is 672 g/mol. The number of fused-ring (bicyclic) bond motifs is 1. The number of hydrogen-bond donors (Lipinski definition) is 4. The molecule has 0 saturated carbocycles. The number of alkyl halides is 1. The van der Waals surface area contributed by atoms with Crippen LogP contribution in [0.2, 0.25) is 0 Å². The highest BCUT2D eigenvalue weighted by atomic mass is 32.2.